The quantitative estimate of drug-likeness (QED) is 0.872. The molecule has 0 aliphatic carbocycles. The predicted molar refractivity (Wildman–Crippen MR) is 64.9 cm³/mol. The first kappa shape index (κ1) is 15.1. The molecule has 3 nitrogen and oxygen atoms in total. The number of carboxylic acids is 1. The van der Waals surface area contributed by atoms with E-state index in [0.29, 0.717) is 16.4 Å². The highest BCUT2D eigenvalue weighted by atomic mass is 79.9. The van der Waals surface area contributed by atoms with E-state index in [0.717, 1.165) is 0 Å². The molecule has 1 rings (SSSR count). The van der Waals surface area contributed by atoms with E-state index < -0.39 is 17.7 Å². The molecule has 0 amide bonds. The molecule has 0 spiro atoms. The third kappa shape index (κ3) is 2.89. The second-order valence-corrected chi connectivity index (χ2v) is 4.94. The smallest absolute Gasteiger partial charge is 0.422 e. The highest BCUT2D eigenvalue weighted by Crippen LogP contribution is 2.35. The van der Waals surface area contributed by atoms with Gasteiger partial charge in [-0.15, -0.1) is 0 Å². The Labute approximate surface area is 114 Å². The number of halogens is 5. The molecule has 2 N–H and O–H groups in total. The molecular formula is C10H8BrClF3NO2. The van der Waals surface area contributed by atoms with E-state index in [1.165, 1.54) is 18.2 Å². The summed E-state index contributed by atoms with van der Waals surface area (Å²) < 4.78 is 38.6. The largest absolute Gasteiger partial charge is 0.479 e. The fourth-order valence-corrected chi connectivity index (χ4v) is 1.60. The standard InChI is InChI=1S/C10H8BrClF3NO2/c1-9(8(17)18,10(13,14)15)16-5-2-3-7(12)6(11)4-5/h2-4,16H,1H3,(H,17,18). The number of hydrogen-bond donors (Lipinski definition) is 2. The summed E-state index contributed by atoms with van der Waals surface area (Å²) in [6.45, 7) is 0.553. The Kier molecular flexibility index (Phi) is 4.17. The number of alkyl halides is 3. The Hall–Kier alpha value is -0.950. The van der Waals surface area contributed by atoms with Crippen LogP contribution in [-0.4, -0.2) is 22.8 Å². The van der Waals surface area contributed by atoms with Gasteiger partial charge in [0.05, 0.1) is 5.02 Å². The second kappa shape index (κ2) is 4.97. The zero-order valence-electron chi connectivity index (χ0n) is 8.98. The highest BCUT2D eigenvalue weighted by Gasteiger charge is 2.57. The summed E-state index contributed by atoms with van der Waals surface area (Å²) in [5, 5.41) is 11.0. The Balaban J connectivity index is 3.12. The minimum atomic E-state index is -4.94. The number of benzene rings is 1. The SMILES string of the molecule is CC(Nc1ccc(Cl)c(Br)c1)(C(=O)O)C(F)(F)F. The molecule has 0 aliphatic heterocycles. The first-order valence-corrected chi connectivity index (χ1v) is 5.78. The summed E-state index contributed by atoms with van der Waals surface area (Å²) in [6, 6.07) is 3.89. The van der Waals surface area contributed by atoms with Crippen LogP contribution < -0.4 is 5.32 Å². The van der Waals surface area contributed by atoms with E-state index in [9.17, 15) is 18.0 Å². The fraction of sp³-hybridized carbons (Fsp3) is 0.300. The van der Waals surface area contributed by atoms with Gasteiger partial charge in [-0.3, -0.25) is 0 Å². The molecule has 8 heteroatoms. The maximum atomic E-state index is 12.7. The number of hydrogen-bond acceptors (Lipinski definition) is 2. The van der Waals surface area contributed by atoms with Gasteiger partial charge in [0.15, 0.2) is 0 Å². The maximum Gasteiger partial charge on any atom is 0.422 e. The van der Waals surface area contributed by atoms with Crippen LogP contribution in [0.3, 0.4) is 0 Å². The second-order valence-electron chi connectivity index (χ2n) is 3.68. The molecule has 100 valence electrons. The van der Waals surface area contributed by atoms with E-state index in [1.807, 2.05) is 5.32 Å². The van der Waals surface area contributed by atoms with Crippen LogP contribution in [0, 0.1) is 0 Å². The average molecular weight is 347 g/mol. The van der Waals surface area contributed by atoms with E-state index in [2.05, 4.69) is 15.9 Å². The lowest BCUT2D eigenvalue weighted by Gasteiger charge is -2.29. The van der Waals surface area contributed by atoms with Crippen LogP contribution in [0.2, 0.25) is 5.02 Å². The van der Waals surface area contributed by atoms with Crippen molar-refractivity contribution in [3.63, 3.8) is 0 Å². The molecule has 0 bridgehead atoms. The van der Waals surface area contributed by atoms with Crippen molar-refractivity contribution < 1.29 is 23.1 Å². The van der Waals surface area contributed by atoms with Crippen molar-refractivity contribution in [3.05, 3.63) is 27.7 Å². The van der Waals surface area contributed by atoms with Gasteiger partial charge in [-0.05, 0) is 41.1 Å². The number of rotatable bonds is 3. The van der Waals surface area contributed by atoms with Gasteiger partial charge in [0.1, 0.15) is 0 Å². The molecule has 1 unspecified atom stereocenters. The Bertz CT molecular complexity index is 481. The molecule has 18 heavy (non-hydrogen) atoms. The summed E-state index contributed by atoms with van der Waals surface area (Å²) >= 11 is 8.73. The summed E-state index contributed by atoms with van der Waals surface area (Å²) in [6.07, 6.45) is -4.94. The predicted octanol–water partition coefficient (Wildman–Crippen LogP) is 3.92. The van der Waals surface area contributed by atoms with Gasteiger partial charge >= 0.3 is 12.1 Å². The van der Waals surface area contributed by atoms with Crippen molar-refractivity contribution in [2.75, 3.05) is 5.32 Å². The van der Waals surface area contributed by atoms with Crippen LogP contribution in [-0.2, 0) is 4.79 Å². The minimum absolute atomic E-state index is 0.00602. The van der Waals surface area contributed by atoms with E-state index in [-0.39, 0.29) is 5.69 Å². The number of aliphatic carboxylic acids is 1. The Morgan fingerprint density at radius 1 is 1.44 bits per heavy atom. The van der Waals surface area contributed by atoms with Gasteiger partial charge in [-0.25, -0.2) is 4.79 Å². The summed E-state index contributed by atoms with van der Waals surface area (Å²) in [5.41, 5.74) is -3.08. The third-order valence-corrected chi connectivity index (χ3v) is 3.52. The average Bonchev–Trinajstić information content (AvgIpc) is 2.21. The van der Waals surface area contributed by atoms with Gasteiger partial charge in [0.2, 0.25) is 5.54 Å². The van der Waals surface area contributed by atoms with E-state index >= 15 is 0 Å². The first-order chi connectivity index (χ1) is 8.08. The zero-order chi connectivity index (χ0) is 14.1. The van der Waals surface area contributed by atoms with Crippen LogP contribution in [0.15, 0.2) is 22.7 Å². The van der Waals surface area contributed by atoms with Crippen LogP contribution in [0.25, 0.3) is 0 Å². The van der Waals surface area contributed by atoms with Gasteiger partial charge in [-0.1, -0.05) is 11.6 Å². The van der Waals surface area contributed by atoms with Gasteiger partial charge < -0.3 is 10.4 Å². The zero-order valence-corrected chi connectivity index (χ0v) is 11.3. The summed E-state index contributed by atoms with van der Waals surface area (Å²) in [5.74, 6) is -2.01. The number of carboxylic acid groups (broad SMARTS) is 1. The van der Waals surface area contributed by atoms with Gasteiger partial charge in [0.25, 0.3) is 0 Å². The van der Waals surface area contributed by atoms with E-state index in [1.54, 1.807) is 0 Å². The molecule has 0 heterocycles. The lowest BCUT2D eigenvalue weighted by Crippen LogP contribution is -2.55. The molecule has 1 atom stereocenters. The minimum Gasteiger partial charge on any atom is -0.479 e. The summed E-state index contributed by atoms with van der Waals surface area (Å²) in [4.78, 5) is 10.8. The van der Waals surface area contributed by atoms with Crippen molar-refractivity contribution in [1.82, 2.24) is 0 Å². The Morgan fingerprint density at radius 3 is 2.39 bits per heavy atom. The number of carbonyl (C=O) groups is 1. The van der Waals surface area contributed by atoms with Crippen LogP contribution in [0.5, 0.6) is 0 Å². The lowest BCUT2D eigenvalue weighted by molar-refractivity contribution is -0.192. The van der Waals surface area contributed by atoms with Gasteiger partial charge in [0, 0.05) is 10.2 Å². The normalized spacial score (nSPS) is 15.0. The lowest BCUT2D eigenvalue weighted by atomic mass is 10.0. The summed E-state index contributed by atoms with van der Waals surface area (Å²) in [7, 11) is 0. The molecule has 0 saturated heterocycles. The number of nitrogens with one attached hydrogen (secondary N) is 1. The molecule has 0 radical (unpaired) electrons. The molecule has 0 aliphatic rings. The van der Waals surface area contributed by atoms with Crippen molar-refractivity contribution >= 4 is 39.2 Å². The van der Waals surface area contributed by atoms with E-state index in [4.69, 9.17) is 16.7 Å². The molecule has 0 saturated carbocycles. The number of anilines is 1. The van der Waals surface area contributed by atoms with Crippen LogP contribution >= 0.6 is 27.5 Å². The third-order valence-electron chi connectivity index (χ3n) is 2.31. The highest BCUT2D eigenvalue weighted by molar-refractivity contribution is 9.10. The van der Waals surface area contributed by atoms with Crippen molar-refractivity contribution in [2.45, 2.75) is 18.6 Å². The Morgan fingerprint density at radius 2 is 2.00 bits per heavy atom. The molecular weight excluding hydrogens is 338 g/mol. The fourth-order valence-electron chi connectivity index (χ4n) is 1.11. The monoisotopic (exact) mass is 345 g/mol. The maximum absolute atomic E-state index is 12.7. The molecule has 1 aromatic rings. The topological polar surface area (TPSA) is 49.3 Å². The van der Waals surface area contributed by atoms with Crippen molar-refractivity contribution in [1.29, 1.82) is 0 Å². The first-order valence-electron chi connectivity index (χ1n) is 4.61. The molecule has 1 aromatic carbocycles. The van der Waals surface area contributed by atoms with Gasteiger partial charge in [-0.2, -0.15) is 13.2 Å². The molecule has 0 fully saturated rings. The van der Waals surface area contributed by atoms with Crippen molar-refractivity contribution in [2.24, 2.45) is 0 Å². The van der Waals surface area contributed by atoms with Crippen LogP contribution in [0.4, 0.5) is 18.9 Å². The van der Waals surface area contributed by atoms with Crippen LogP contribution in [0.1, 0.15) is 6.92 Å². The molecule has 0 aromatic heterocycles. The van der Waals surface area contributed by atoms with Crippen molar-refractivity contribution in [3.8, 4) is 0 Å².